The molecule has 0 aromatic heterocycles. The van der Waals surface area contributed by atoms with E-state index in [4.69, 9.17) is 4.18 Å². The molecule has 0 atom stereocenters. The number of aryl methyl sites for hydroxylation is 1. The van der Waals surface area contributed by atoms with Crippen molar-refractivity contribution in [2.45, 2.75) is 11.8 Å². The molecule has 0 saturated carbocycles. The van der Waals surface area contributed by atoms with Crippen molar-refractivity contribution in [2.75, 3.05) is 0 Å². The first-order chi connectivity index (χ1) is 9.87. The minimum Gasteiger partial charge on any atom is -0.379 e. The van der Waals surface area contributed by atoms with Crippen molar-refractivity contribution >= 4 is 16.2 Å². The van der Waals surface area contributed by atoms with Crippen LogP contribution in [0.25, 0.3) is 6.08 Å². The summed E-state index contributed by atoms with van der Waals surface area (Å²) in [5.74, 6) is 0.0620. The monoisotopic (exact) mass is 310 g/mol. The molecule has 110 valence electrons. The lowest BCUT2D eigenvalue weighted by atomic mass is 10.2. The second kappa shape index (κ2) is 6.05. The molecule has 0 heterocycles. The lowest BCUT2D eigenvalue weighted by Gasteiger charge is -2.07. The molecule has 0 aliphatic carbocycles. The van der Waals surface area contributed by atoms with Crippen molar-refractivity contribution in [3.05, 3.63) is 65.7 Å². The van der Waals surface area contributed by atoms with Crippen LogP contribution in [-0.4, -0.2) is 8.42 Å². The summed E-state index contributed by atoms with van der Waals surface area (Å²) >= 11 is 0. The predicted molar refractivity (Wildman–Crippen MR) is 75.6 cm³/mol. The van der Waals surface area contributed by atoms with Crippen molar-refractivity contribution in [3.8, 4) is 5.75 Å². The van der Waals surface area contributed by atoms with Gasteiger partial charge in [-0.1, -0.05) is 29.8 Å². The molecule has 0 aliphatic rings. The van der Waals surface area contributed by atoms with Gasteiger partial charge in [0.2, 0.25) is 0 Å². The Morgan fingerprint density at radius 1 is 1.00 bits per heavy atom. The molecule has 2 aromatic rings. The summed E-state index contributed by atoms with van der Waals surface area (Å²) in [5, 5.41) is 0. The van der Waals surface area contributed by atoms with Crippen LogP contribution in [0.15, 0.2) is 59.5 Å². The second-order valence-corrected chi connectivity index (χ2v) is 5.90. The first-order valence-corrected chi connectivity index (χ1v) is 7.41. The van der Waals surface area contributed by atoms with E-state index in [-0.39, 0.29) is 16.2 Å². The fraction of sp³-hybridized carbons (Fsp3) is 0.0667. The van der Waals surface area contributed by atoms with E-state index in [1.165, 1.54) is 36.4 Å². The van der Waals surface area contributed by atoms with Gasteiger partial charge in [0, 0.05) is 6.08 Å². The molecule has 0 aliphatic heterocycles. The van der Waals surface area contributed by atoms with Gasteiger partial charge in [-0.3, -0.25) is 0 Å². The molecule has 6 heteroatoms. The van der Waals surface area contributed by atoms with Crippen molar-refractivity contribution in [1.82, 2.24) is 0 Å². The highest BCUT2D eigenvalue weighted by Crippen LogP contribution is 2.20. The molecular weight excluding hydrogens is 298 g/mol. The van der Waals surface area contributed by atoms with Crippen LogP contribution in [-0.2, 0) is 10.1 Å². The zero-order chi connectivity index (χ0) is 15.5. The maximum absolute atomic E-state index is 12.1. The third-order valence-electron chi connectivity index (χ3n) is 2.67. The van der Waals surface area contributed by atoms with Gasteiger partial charge < -0.3 is 4.18 Å². The topological polar surface area (TPSA) is 43.4 Å². The predicted octanol–water partition coefficient (Wildman–Crippen LogP) is 4.00. The summed E-state index contributed by atoms with van der Waals surface area (Å²) in [4.78, 5) is 0.0341. The number of halogens is 2. The zero-order valence-electron chi connectivity index (χ0n) is 11.1. The third kappa shape index (κ3) is 4.13. The maximum atomic E-state index is 12.1. The number of benzene rings is 2. The fourth-order valence-corrected chi connectivity index (χ4v) is 2.56. The quantitative estimate of drug-likeness (QED) is 0.802. The Balaban J connectivity index is 2.20. The summed E-state index contributed by atoms with van der Waals surface area (Å²) in [6.45, 7) is 1.84. The molecule has 0 N–H and O–H groups in total. The number of rotatable bonds is 4. The highest BCUT2D eigenvalue weighted by Gasteiger charge is 2.16. The Bertz CT molecular complexity index is 745. The van der Waals surface area contributed by atoms with Crippen LogP contribution in [0, 0.1) is 6.92 Å². The van der Waals surface area contributed by atoms with Crippen LogP contribution in [0.2, 0.25) is 0 Å². The first kappa shape index (κ1) is 15.2. The van der Waals surface area contributed by atoms with Crippen LogP contribution < -0.4 is 4.18 Å². The summed E-state index contributed by atoms with van der Waals surface area (Å²) in [5.41, 5.74) is 1.19. The van der Waals surface area contributed by atoms with E-state index >= 15 is 0 Å². The van der Waals surface area contributed by atoms with Crippen molar-refractivity contribution < 1.29 is 21.4 Å². The molecule has 2 rings (SSSR count). The fourth-order valence-electron chi connectivity index (χ4n) is 1.63. The molecule has 0 saturated heterocycles. The van der Waals surface area contributed by atoms with Crippen molar-refractivity contribution in [3.63, 3.8) is 0 Å². The number of hydrogen-bond acceptors (Lipinski definition) is 3. The average Bonchev–Trinajstić information content (AvgIpc) is 2.40. The Morgan fingerprint density at radius 3 is 2.10 bits per heavy atom. The molecule has 0 unspecified atom stereocenters. The molecule has 3 nitrogen and oxygen atoms in total. The molecule has 21 heavy (non-hydrogen) atoms. The summed E-state index contributed by atoms with van der Waals surface area (Å²) in [7, 11) is -3.93. The Morgan fingerprint density at radius 2 is 1.57 bits per heavy atom. The van der Waals surface area contributed by atoms with Gasteiger partial charge in [-0.05, 0) is 36.8 Å². The van der Waals surface area contributed by atoms with Gasteiger partial charge >= 0.3 is 10.1 Å². The molecule has 2 aromatic carbocycles. The SMILES string of the molecule is Cc1ccc(S(=O)(=O)Oc2ccc(C=C(F)F)cc2)cc1. The highest BCUT2D eigenvalue weighted by atomic mass is 32.2. The number of hydrogen-bond donors (Lipinski definition) is 0. The van der Waals surface area contributed by atoms with Crippen molar-refractivity contribution in [2.24, 2.45) is 0 Å². The Kier molecular flexibility index (Phi) is 4.37. The van der Waals surface area contributed by atoms with E-state index in [0.29, 0.717) is 6.08 Å². The van der Waals surface area contributed by atoms with E-state index < -0.39 is 16.2 Å². The lowest BCUT2D eigenvalue weighted by molar-refractivity contribution is 0.429. The zero-order valence-corrected chi connectivity index (χ0v) is 11.9. The summed E-state index contributed by atoms with van der Waals surface area (Å²) in [6.07, 6.45) is -1.14. The third-order valence-corrected chi connectivity index (χ3v) is 3.93. The van der Waals surface area contributed by atoms with Gasteiger partial charge in [0.1, 0.15) is 10.6 Å². The van der Waals surface area contributed by atoms with E-state index in [1.54, 1.807) is 12.1 Å². The van der Waals surface area contributed by atoms with Crippen LogP contribution in [0.3, 0.4) is 0 Å². The normalized spacial score (nSPS) is 11.0. The first-order valence-electron chi connectivity index (χ1n) is 6.01. The van der Waals surface area contributed by atoms with Crippen LogP contribution in [0.5, 0.6) is 5.75 Å². The van der Waals surface area contributed by atoms with E-state index in [0.717, 1.165) is 5.56 Å². The summed E-state index contributed by atoms with van der Waals surface area (Å²) in [6, 6.07) is 11.5. The minimum atomic E-state index is -3.93. The molecular formula is C15H12F2O3S. The molecule has 0 amide bonds. The van der Waals surface area contributed by atoms with Crippen LogP contribution >= 0.6 is 0 Å². The Hall–Kier alpha value is -2.21. The van der Waals surface area contributed by atoms with Crippen LogP contribution in [0.4, 0.5) is 8.78 Å². The maximum Gasteiger partial charge on any atom is 0.339 e. The minimum absolute atomic E-state index is 0.0341. The molecule has 0 fully saturated rings. The van der Waals surface area contributed by atoms with E-state index in [2.05, 4.69) is 0 Å². The van der Waals surface area contributed by atoms with Gasteiger partial charge in [0.05, 0.1) is 0 Å². The molecule has 0 bridgehead atoms. The molecule has 0 spiro atoms. The average molecular weight is 310 g/mol. The van der Waals surface area contributed by atoms with Gasteiger partial charge in [-0.2, -0.15) is 17.2 Å². The van der Waals surface area contributed by atoms with E-state index in [9.17, 15) is 17.2 Å². The second-order valence-electron chi connectivity index (χ2n) is 4.35. The largest absolute Gasteiger partial charge is 0.379 e. The van der Waals surface area contributed by atoms with Crippen molar-refractivity contribution in [1.29, 1.82) is 0 Å². The lowest BCUT2D eigenvalue weighted by Crippen LogP contribution is -2.09. The summed E-state index contributed by atoms with van der Waals surface area (Å²) < 4.78 is 53.2. The van der Waals surface area contributed by atoms with E-state index in [1.807, 2.05) is 6.92 Å². The van der Waals surface area contributed by atoms with Gasteiger partial charge in [-0.25, -0.2) is 0 Å². The van der Waals surface area contributed by atoms with Gasteiger partial charge in [-0.15, -0.1) is 0 Å². The smallest absolute Gasteiger partial charge is 0.339 e. The standard InChI is InChI=1S/C15H12F2O3S/c1-11-2-8-14(9-3-11)21(18,19)20-13-6-4-12(5-7-13)10-15(16)17/h2-10H,1H3. The highest BCUT2D eigenvalue weighted by molar-refractivity contribution is 7.87. The van der Waals surface area contributed by atoms with Crippen LogP contribution in [0.1, 0.15) is 11.1 Å². The van der Waals surface area contributed by atoms with Gasteiger partial charge in [0.25, 0.3) is 6.08 Å². The Labute approximate surface area is 121 Å². The van der Waals surface area contributed by atoms with Gasteiger partial charge in [0.15, 0.2) is 0 Å². The molecule has 0 radical (unpaired) electrons.